The van der Waals surface area contributed by atoms with Crippen LogP contribution in [0, 0.1) is 12.8 Å². The maximum atomic E-state index is 12.3. The van der Waals surface area contributed by atoms with Crippen LogP contribution in [0.2, 0.25) is 0 Å². The summed E-state index contributed by atoms with van der Waals surface area (Å²) in [6, 6.07) is 16.3. The molecule has 1 aliphatic carbocycles. The van der Waals surface area contributed by atoms with E-state index in [1.165, 1.54) is 6.42 Å². The normalized spacial score (nSPS) is 19.4. The Hall–Kier alpha value is -2.95. The molecule has 1 saturated carbocycles. The summed E-state index contributed by atoms with van der Waals surface area (Å²) in [5.74, 6) is 0.966. The Bertz CT molecular complexity index is 965. The van der Waals surface area contributed by atoms with Gasteiger partial charge in [0.1, 0.15) is 0 Å². The summed E-state index contributed by atoms with van der Waals surface area (Å²) in [7, 11) is 0. The molecular formula is C23H27N3O2. The number of para-hydroxylation sites is 1. The predicted octanol–water partition coefficient (Wildman–Crippen LogP) is 5.89. The summed E-state index contributed by atoms with van der Waals surface area (Å²) in [4.78, 5) is 15.5. The number of nitrogens with one attached hydrogen (secondary N) is 3. The third-order valence-corrected chi connectivity index (χ3v) is 5.60. The minimum Gasteiger partial charge on any atom is -0.393 e. The average molecular weight is 377 g/mol. The fraction of sp³-hybridized carbons (Fsp3) is 0.348. The van der Waals surface area contributed by atoms with E-state index in [0.717, 1.165) is 47.1 Å². The van der Waals surface area contributed by atoms with Crippen molar-refractivity contribution in [2.75, 3.05) is 5.32 Å². The van der Waals surface area contributed by atoms with Crippen molar-refractivity contribution in [2.24, 2.45) is 5.92 Å². The van der Waals surface area contributed by atoms with E-state index in [1.807, 2.05) is 42.5 Å². The average Bonchev–Trinajstić information content (AvgIpc) is 3.07. The molecule has 28 heavy (non-hydrogen) atoms. The molecule has 1 amide bonds. The van der Waals surface area contributed by atoms with Crippen molar-refractivity contribution in [1.29, 1.82) is 0 Å². The Morgan fingerprint density at radius 1 is 1.07 bits per heavy atom. The number of hydrogen-bond acceptors (Lipinski definition) is 3. The van der Waals surface area contributed by atoms with E-state index in [1.54, 1.807) is 0 Å². The lowest BCUT2D eigenvalue weighted by Gasteiger charge is -2.28. The van der Waals surface area contributed by atoms with Gasteiger partial charge in [0.15, 0.2) is 0 Å². The van der Waals surface area contributed by atoms with Gasteiger partial charge in [-0.3, -0.25) is 0 Å². The van der Waals surface area contributed by atoms with E-state index in [9.17, 15) is 4.79 Å². The van der Waals surface area contributed by atoms with Gasteiger partial charge in [-0.15, -0.1) is 0 Å². The van der Waals surface area contributed by atoms with E-state index >= 15 is 0 Å². The summed E-state index contributed by atoms with van der Waals surface area (Å²) in [5.41, 5.74) is 4.07. The number of aromatic amines is 1. The second-order valence-electron chi connectivity index (χ2n) is 7.78. The molecule has 0 saturated heterocycles. The molecule has 5 heteroatoms. The zero-order chi connectivity index (χ0) is 19.5. The molecule has 5 nitrogen and oxygen atoms in total. The van der Waals surface area contributed by atoms with Gasteiger partial charge >= 0.3 is 6.09 Å². The molecule has 0 bridgehead atoms. The first-order valence-electron chi connectivity index (χ1n) is 10.0. The first-order valence-corrected chi connectivity index (χ1v) is 10.0. The summed E-state index contributed by atoms with van der Waals surface area (Å²) < 4.78 is 5.54. The highest BCUT2D eigenvalue weighted by molar-refractivity contribution is 5.89. The maximum Gasteiger partial charge on any atom is 0.414 e. The Labute approximate surface area is 165 Å². The number of ether oxygens (including phenoxy) is 1. The largest absolute Gasteiger partial charge is 0.414 e. The molecule has 146 valence electrons. The zero-order valence-electron chi connectivity index (χ0n) is 16.4. The minimum atomic E-state index is -0.384. The predicted molar refractivity (Wildman–Crippen MR) is 113 cm³/mol. The summed E-state index contributed by atoms with van der Waals surface area (Å²) in [6.45, 7) is 4.25. The first kappa shape index (κ1) is 18.4. The van der Waals surface area contributed by atoms with E-state index in [2.05, 4.69) is 35.5 Å². The molecule has 3 N–H and O–H groups in total. The van der Waals surface area contributed by atoms with Crippen molar-refractivity contribution < 1.29 is 9.53 Å². The minimum absolute atomic E-state index is 0.203. The monoisotopic (exact) mass is 377 g/mol. The molecule has 3 aromatic rings. The lowest BCUT2D eigenvalue weighted by Crippen LogP contribution is -2.42. The third-order valence-electron chi connectivity index (χ3n) is 5.60. The maximum absolute atomic E-state index is 12.3. The lowest BCUT2D eigenvalue weighted by molar-refractivity contribution is 0.182. The SMILES string of the molecule is Cc1cc(Nc2ccccc2)cc2[nH]c(OC(=O)N[C@@H]3CCCC[C@@H]3C)cc12. The number of benzene rings is 2. The van der Waals surface area contributed by atoms with Crippen LogP contribution in [0.4, 0.5) is 16.2 Å². The molecule has 0 aliphatic heterocycles. The van der Waals surface area contributed by atoms with Crippen molar-refractivity contribution in [1.82, 2.24) is 10.3 Å². The van der Waals surface area contributed by atoms with Crippen LogP contribution in [0.3, 0.4) is 0 Å². The van der Waals surface area contributed by atoms with Crippen molar-refractivity contribution in [3.05, 3.63) is 54.1 Å². The number of rotatable bonds is 4. The molecule has 1 aromatic heterocycles. The quantitative estimate of drug-likeness (QED) is 0.531. The highest BCUT2D eigenvalue weighted by atomic mass is 16.6. The van der Waals surface area contributed by atoms with Crippen LogP contribution in [0.15, 0.2) is 48.5 Å². The molecule has 0 radical (unpaired) electrons. The molecule has 2 aromatic carbocycles. The van der Waals surface area contributed by atoms with Gasteiger partial charge in [0.2, 0.25) is 5.88 Å². The smallest absolute Gasteiger partial charge is 0.393 e. The number of aromatic nitrogens is 1. The number of aryl methyl sites for hydroxylation is 1. The Morgan fingerprint density at radius 3 is 2.64 bits per heavy atom. The first-order chi connectivity index (χ1) is 13.6. The van der Waals surface area contributed by atoms with Crippen molar-refractivity contribution in [3.63, 3.8) is 0 Å². The molecular weight excluding hydrogens is 350 g/mol. The molecule has 1 aliphatic rings. The molecule has 2 atom stereocenters. The van der Waals surface area contributed by atoms with Gasteiger partial charge in [0.05, 0.1) is 5.52 Å². The van der Waals surface area contributed by atoms with Crippen LogP contribution < -0.4 is 15.4 Å². The fourth-order valence-electron chi connectivity index (χ4n) is 4.02. The zero-order valence-corrected chi connectivity index (χ0v) is 16.4. The summed E-state index contributed by atoms with van der Waals surface area (Å²) in [6.07, 6.45) is 4.21. The van der Waals surface area contributed by atoms with Crippen LogP contribution >= 0.6 is 0 Å². The van der Waals surface area contributed by atoms with Crippen molar-refractivity contribution in [2.45, 2.75) is 45.6 Å². The number of hydrogen-bond donors (Lipinski definition) is 3. The Kier molecular flexibility index (Phi) is 5.24. The molecule has 0 spiro atoms. The van der Waals surface area contributed by atoms with Gasteiger partial charge in [-0.2, -0.15) is 0 Å². The molecule has 1 fully saturated rings. The van der Waals surface area contributed by atoms with Crippen LogP contribution in [-0.4, -0.2) is 17.1 Å². The van der Waals surface area contributed by atoms with E-state index in [0.29, 0.717) is 11.8 Å². The number of carbonyl (C=O) groups excluding carboxylic acids is 1. The van der Waals surface area contributed by atoms with E-state index in [-0.39, 0.29) is 12.1 Å². The number of anilines is 2. The number of amides is 1. The highest BCUT2D eigenvalue weighted by Crippen LogP contribution is 2.29. The Balaban J connectivity index is 1.48. The van der Waals surface area contributed by atoms with Gasteiger partial charge in [-0.05, 0) is 55.5 Å². The standard InChI is InChI=1S/C23H27N3O2/c1-15-8-6-7-11-20(15)26-23(27)28-22-14-19-16(2)12-18(13-21(19)25-22)24-17-9-4-3-5-10-17/h3-5,9-10,12-15,20,24-25H,6-8,11H2,1-2H3,(H,26,27)/t15-,20+/m0/s1. The fourth-order valence-corrected chi connectivity index (χ4v) is 4.02. The number of fused-ring (bicyclic) bond motifs is 1. The van der Waals surface area contributed by atoms with Crippen LogP contribution in [0.5, 0.6) is 5.88 Å². The topological polar surface area (TPSA) is 66.1 Å². The Morgan fingerprint density at radius 2 is 1.86 bits per heavy atom. The summed E-state index contributed by atoms with van der Waals surface area (Å²) in [5, 5.41) is 7.48. The second-order valence-corrected chi connectivity index (χ2v) is 7.78. The van der Waals surface area contributed by atoms with E-state index in [4.69, 9.17) is 4.74 Å². The number of H-pyrrole nitrogens is 1. The lowest BCUT2D eigenvalue weighted by atomic mass is 9.86. The number of carbonyl (C=O) groups is 1. The van der Waals surface area contributed by atoms with Gasteiger partial charge in [-0.25, -0.2) is 4.79 Å². The van der Waals surface area contributed by atoms with Gasteiger partial charge < -0.3 is 20.4 Å². The van der Waals surface area contributed by atoms with Crippen molar-refractivity contribution in [3.8, 4) is 5.88 Å². The van der Waals surface area contributed by atoms with Crippen LogP contribution in [-0.2, 0) is 0 Å². The van der Waals surface area contributed by atoms with Gasteiger partial charge in [-0.1, -0.05) is 38.0 Å². The third kappa shape index (κ3) is 4.14. The van der Waals surface area contributed by atoms with Crippen LogP contribution in [0.1, 0.15) is 38.2 Å². The molecule has 0 unspecified atom stereocenters. The van der Waals surface area contributed by atoms with Gasteiger partial charge in [0, 0.05) is 28.9 Å². The highest BCUT2D eigenvalue weighted by Gasteiger charge is 2.23. The summed E-state index contributed by atoms with van der Waals surface area (Å²) >= 11 is 0. The second kappa shape index (κ2) is 7.97. The van der Waals surface area contributed by atoms with Crippen molar-refractivity contribution >= 4 is 28.4 Å². The molecule has 4 rings (SSSR count). The van der Waals surface area contributed by atoms with Gasteiger partial charge in [0.25, 0.3) is 0 Å². The van der Waals surface area contributed by atoms with E-state index < -0.39 is 0 Å². The van der Waals surface area contributed by atoms with Crippen LogP contribution in [0.25, 0.3) is 10.9 Å². The molecule has 1 heterocycles.